The summed E-state index contributed by atoms with van der Waals surface area (Å²) >= 11 is 0. The zero-order chi connectivity index (χ0) is 76.1. The van der Waals surface area contributed by atoms with Gasteiger partial charge in [-0.25, -0.2) is 4.98 Å². The van der Waals surface area contributed by atoms with E-state index in [1.807, 2.05) is 108 Å². The second kappa shape index (κ2) is 22.8. The molecule has 0 saturated heterocycles. The van der Waals surface area contributed by atoms with Crippen LogP contribution < -0.4 is 9.30 Å². The molecule has 5 heterocycles. The number of hydrogen-bond donors (Lipinski definition) is 0. The van der Waals surface area contributed by atoms with Crippen LogP contribution in [0.1, 0.15) is 95.8 Å². The summed E-state index contributed by atoms with van der Waals surface area (Å²) in [4.78, 5) is 4.92. The van der Waals surface area contributed by atoms with Gasteiger partial charge in [-0.05, 0) is 201 Å². The van der Waals surface area contributed by atoms with E-state index < -0.39 is 101 Å². The molecule has 0 unspecified atom stereocenters. The van der Waals surface area contributed by atoms with Crippen LogP contribution in [0, 0.1) is 18.5 Å². The molecule has 18 rings (SSSR count). The first-order valence-corrected chi connectivity index (χ1v) is 32.4. The number of furan rings is 1. The molecule has 12 aromatic carbocycles. The quantitative estimate of drug-likeness (QED) is 0.113. The van der Waals surface area contributed by atoms with Crippen molar-refractivity contribution in [2.45, 2.75) is 77.6 Å². The Morgan fingerprint density at radius 3 is 1.82 bits per heavy atom. The molecule has 0 atom stereocenters. The molecule has 472 valence electrons. The number of imidazole rings is 1. The molecule has 0 radical (unpaired) electrons. The molecular formula is C90H68N4O2Pt-2. The van der Waals surface area contributed by atoms with Crippen molar-refractivity contribution in [3.63, 3.8) is 0 Å². The van der Waals surface area contributed by atoms with Gasteiger partial charge in [0.15, 0.2) is 0 Å². The SMILES string of the molecule is [2H]c1c([2H])c([2H])c(-c2c([2H])c(-c3cc4c5c(c3)n(-c3[c-]c(Oc6[c-]c7c(cc6)c6ccccc6n7-c6cc(C(C)(C)C)ccn6)ccc3)[c-][n+]5-c3c(-c5ccc6oc7ccccc7c6c5)cccc3-c3cc5c(cc3-c3ccccc3-4)C(C)(C)CCC5(C)C)c([2H])c(-c3c([2H])c([2H])c([2H])c([2H])c3[2H])c2[2H])c([2H])c1[2H].[Pt]. The fourth-order valence-corrected chi connectivity index (χ4v) is 14.6. The van der Waals surface area contributed by atoms with Crippen molar-refractivity contribution in [1.29, 1.82) is 0 Å². The minimum Gasteiger partial charge on any atom is -0.510 e. The van der Waals surface area contributed by atoms with Crippen LogP contribution in [0.4, 0.5) is 0 Å². The first-order chi connectivity index (χ1) is 52.1. The summed E-state index contributed by atoms with van der Waals surface area (Å²) in [6.45, 7) is 15.8. The third kappa shape index (κ3) is 10.0. The fraction of sp³-hybridized carbons (Fsp3) is 0.133. The van der Waals surface area contributed by atoms with Crippen molar-refractivity contribution in [3.05, 3.63) is 296 Å². The van der Waals surface area contributed by atoms with Crippen LogP contribution in [0.5, 0.6) is 11.5 Å². The Hall–Kier alpha value is -10.7. The molecule has 7 heteroatoms. The van der Waals surface area contributed by atoms with Gasteiger partial charge in [-0.15, -0.1) is 29.7 Å². The molecule has 2 aliphatic rings. The maximum atomic E-state index is 10.6. The van der Waals surface area contributed by atoms with Crippen LogP contribution >= 0.6 is 0 Å². The van der Waals surface area contributed by atoms with Gasteiger partial charge in [-0.3, -0.25) is 4.57 Å². The summed E-state index contributed by atoms with van der Waals surface area (Å²) in [5.74, 6) is 1.42. The third-order valence-electron chi connectivity index (χ3n) is 19.6. The van der Waals surface area contributed by atoms with Crippen LogP contribution in [-0.4, -0.2) is 14.1 Å². The van der Waals surface area contributed by atoms with E-state index in [4.69, 9.17) is 22.4 Å². The molecule has 0 fully saturated rings. The first-order valence-electron chi connectivity index (χ1n) is 38.9. The molecule has 97 heavy (non-hydrogen) atoms. The Labute approximate surface area is 598 Å². The number of hydrogen-bond acceptors (Lipinski definition) is 3. The predicted octanol–water partition coefficient (Wildman–Crippen LogP) is 23.1. The number of fused-ring (bicyclic) bond motifs is 14. The van der Waals surface area contributed by atoms with Crippen LogP contribution in [0.3, 0.4) is 0 Å². The average molecular weight is 1450 g/mol. The normalized spacial score (nSPS) is 15.6. The van der Waals surface area contributed by atoms with Gasteiger partial charge in [0.05, 0.1) is 34.5 Å². The van der Waals surface area contributed by atoms with Crippen molar-refractivity contribution < 1.29 is 52.6 Å². The van der Waals surface area contributed by atoms with Gasteiger partial charge in [0.25, 0.3) is 6.33 Å². The second-order valence-corrected chi connectivity index (χ2v) is 27.5. The van der Waals surface area contributed by atoms with Crippen molar-refractivity contribution in [1.82, 2.24) is 14.1 Å². The average Bonchev–Trinajstić information content (AvgIpc) is 1.62. The Balaban J connectivity index is 0.00000882. The molecule has 0 N–H and O–H groups in total. The molecular weight excluding hydrogens is 1360 g/mol. The van der Waals surface area contributed by atoms with E-state index in [1.165, 1.54) is 11.1 Å². The largest absolute Gasteiger partial charge is 0.510 e. The Morgan fingerprint density at radius 2 is 1.10 bits per heavy atom. The maximum absolute atomic E-state index is 10.6. The molecule has 1 aliphatic heterocycles. The van der Waals surface area contributed by atoms with E-state index in [0.717, 1.165) is 107 Å². The summed E-state index contributed by atoms with van der Waals surface area (Å²) in [6.07, 6.45) is 7.64. The molecule has 0 bridgehead atoms. The first kappa shape index (κ1) is 47.3. The van der Waals surface area contributed by atoms with Crippen LogP contribution in [0.2, 0.25) is 0 Å². The third-order valence-corrected chi connectivity index (χ3v) is 19.6. The van der Waals surface area contributed by atoms with Gasteiger partial charge in [-0.2, -0.15) is 18.2 Å². The zero-order valence-electron chi connectivity index (χ0n) is 67.2. The number of pyridine rings is 1. The Bertz CT molecular complexity index is 6550. The summed E-state index contributed by atoms with van der Waals surface area (Å²) in [6, 6.07) is 56.7. The van der Waals surface area contributed by atoms with E-state index in [1.54, 1.807) is 6.07 Å². The number of benzene rings is 12. The van der Waals surface area contributed by atoms with E-state index in [0.29, 0.717) is 39.4 Å². The minimum atomic E-state index is -0.756. The molecule has 6 nitrogen and oxygen atoms in total. The topological polar surface area (TPSA) is 49.0 Å². The number of nitrogens with zero attached hydrogens (tertiary/aromatic N) is 4. The minimum absolute atomic E-state index is 0. The Kier molecular flexibility index (Phi) is 11.1. The summed E-state index contributed by atoms with van der Waals surface area (Å²) in [5.41, 5.74) is 12.6. The number of aromatic nitrogens is 4. The van der Waals surface area contributed by atoms with Crippen molar-refractivity contribution >= 4 is 54.8 Å². The second-order valence-electron chi connectivity index (χ2n) is 27.5. The van der Waals surface area contributed by atoms with Crippen molar-refractivity contribution in [2.24, 2.45) is 0 Å². The standard InChI is InChI=1S/C90H68N4O2.Pt/c1-88(2,3)63-40-43-91-85(50-63)94-80-34-18-16-30-70(80)71-38-37-66(52-81(71)94)95-65-27-20-26-64(51-65)92-55-93-86-67(58-36-39-84-76(47-58)72-31-17-19-35-83(72)96-84)32-21-33-73(86)75-54-79-78(89(4,5)41-42-90(79,6)7)53-74(75)68-28-14-15-29-69(68)77-48-62(49-82(92)87(77)93)61-45-59(56-22-10-8-11-23-56)44-60(46-61)57-24-12-9-13-25-57;/h8-40,43-50,53-54H,41-42H2,1-7H3;/q-2;/i8D,9D,10D,11D,12D,13D,22D,23D,24D,25D,44D,45D,46D;. The van der Waals surface area contributed by atoms with Gasteiger partial charge in [0.1, 0.15) is 17.0 Å². The van der Waals surface area contributed by atoms with Crippen LogP contribution in [-0.2, 0) is 37.3 Å². The van der Waals surface area contributed by atoms with Gasteiger partial charge in [0, 0.05) is 55.1 Å². The monoisotopic (exact) mass is 1440 g/mol. The number of ether oxygens (including phenoxy) is 1. The van der Waals surface area contributed by atoms with Gasteiger partial charge in [-0.1, -0.05) is 211 Å². The van der Waals surface area contributed by atoms with Crippen LogP contribution in [0.25, 0.3) is 150 Å². The van der Waals surface area contributed by atoms with Crippen LogP contribution in [0.15, 0.2) is 265 Å². The smallest absolute Gasteiger partial charge is 0.268 e. The van der Waals surface area contributed by atoms with E-state index in [9.17, 15) is 9.60 Å². The molecule has 0 saturated carbocycles. The van der Waals surface area contributed by atoms with E-state index >= 15 is 0 Å². The number of para-hydroxylation sites is 3. The molecule has 4 aromatic heterocycles. The van der Waals surface area contributed by atoms with Crippen molar-refractivity contribution in [2.75, 3.05) is 0 Å². The molecule has 0 spiro atoms. The van der Waals surface area contributed by atoms with Gasteiger partial charge < -0.3 is 18.3 Å². The molecule has 1 aliphatic carbocycles. The fourth-order valence-electron chi connectivity index (χ4n) is 14.6. The maximum Gasteiger partial charge on any atom is 0.268 e. The zero-order valence-corrected chi connectivity index (χ0v) is 56.4. The Morgan fingerprint density at radius 1 is 0.495 bits per heavy atom. The molecule has 16 aromatic rings. The van der Waals surface area contributed by atoms with Gasteiger partial charge in [0.2, 0.25) is 0 Å². The molecule has 0 amide bonds. The van der Waals surface area contributed by atoms with E-state index in [2.05, 4.69) is 149 Å². The van der Waals surface area contributed by atoms with Gasteiger partial charge >= 0.3 is 0 Å². The number of rotatable bonds is 8. The summed E-state index contributed by atoms with van der Waals surface area (Å²) < 4.78 is 141. The summed E-state index contributed by atoms with van der Waals surface area (Å²) in [5, 5.41) is 3.82. The van der Waals surface area contributed by atoms with E-state index in [-0.39, 0.29) is 48.4 Å². The predicted molar refractivity (Wildman–Crippen MR) is 393 cm³/mol. The summed E-state index contributed by atoms with van der Waals surface area (Å²) in [7, 11) is 0. The van der Waals surface area contributed by atoms with Crippen molar-refractivity contribution in [3.8, 4) is 107 Å².